The maximum Gasteiger partial charge on any atom is 0.225 e. The van der Waals surface area contributed by atoms with Gasteiger partial charge in [0.05, 0.1) is 6.42 Å². The van der Waals surface area contributed by atoms with Gasteiger partial charge in [0.25, 0.3) is 0 Å². The van der Waals surface area contributed by atoms with E-state index >= 15 is 0 Å². The number of fused-ring (bicyclic) bond motifs is 1. The van der Waals surface area contributed by atoms with Gasteiger partial charge in [0.2, 0.25) is 5.91 Å². The number of hydrogen-bond donors (Lipinski definition) is 2. The summed E-state index contributed by atoms with van der Waals surface area (Å²) in [5, 5.41) is 4.05. The van der Waals surface area contributed by atoms with Crippen LogP contribution < -0.4 is 5.32 Å². The summed E-state index contributed by atoms with van der Waals surface area (Å²) >= 11 is 0. The summed E-state index contributed by atoms with van der Waals surface area (Å²) in [6.45, 7) is 1.55. The lowest BCUT2D eigenvalue weighted by Crippen LogP contribution is -2.32. The molecule has 0 spiro atoms. The monoisotopic (exact) mass is 245 g/mol. The van der Waals surface area contributed by atoms with E-state index in [-0.39, 0.29) is 5.91 Å². The fourth-order valence-corrected chi connectivity index (χ4v) is 1.88. The van der Waals surface area contributed by atoms with Crippen LogP contribution in [-0.4, -0.2) is 43.0 Å². The number of likely N-dealkylation sites (N-methyl/N-ethyl adjacent to an activating group) is 1. The molecule has 0 bridgehead atoms. The number of carbonyl (C=O) groups is 1. The molecule has 1 heterocycles. The fraction of sp³-hybridized carbons (Fsp3) is 0.357. The predicted octanol–water partition coefficient (Wildman–Crippen LogP) is 1.39. The molecule has 2 aromatic rings. The van der Waals surface area contributed by atoms with Gasteiger partial charge in [-0.3, -0.25) is 4.79 Å². The molecule has 0 atom stereocenters. The van der Waals surface area contributed by atoms with Crippen LogP contribution in [0.25, 0.3) is 10.9 Å². The third-order valence-electron chi connectivity index (χ3n) is 2.82. The van der Waals surface area contributed by atoms with Gasteiger partial charge in [-0.25, -0.2) is 0 Å². The zero-order valence-electron chi connectivity index (χ0n) is 10.9. The zero-order valence-corrected chi connectivity index (χ0v) is 10.9. The fourth-order valence-electron chi connectivity index (χ4n) is 1.88. The van der Waals surface area contributed by atoms with Crippen molar-refractivity contribution >= 4 is 16.8 Å². The molecular formula is C14H19N3O. The number of hydrogen-bond acceptors (Lipinski definition) is 2. The molecule has 96 valence electrons. The number of aromatic nitrogens is 1. The summed E-state index contributed by atoms with van der Waals surface area (Å²) in [6, 6.07) is 10.1. The minimum atomic E-state index is 0.0587. The third-order valence-corrected chi connectivity index (χ3v) is 2.82. The number of para-hydroxylation sites is 1. The van der Waals surface area contributed by atoms with E-state index < -0.39 is 0 Å². The summed E-state index contributed by atoms with van der Waals surface area (Å²) in [7, 11) is 3.98. The van der Waals surface area contributed by atoms with Crippen molar-refractivity contribution in [3.05, 3.63) is 36.0 Å². The van der Waals surface area contributed by atoms with E-state index in [0.29, 0.717) is 13.0 Å². The standard InChI is InChI=1S/C14H19N3O/c1-17(2)8-7-15-14(18)10-12-9-11-5-3-4-6-13(11)16-12/h3-6,9,16H,7-8,10H2,1-2H3,(H,15,18). The summed E-state index contributed by atoms with van der Waals surface area (Å²) in [6.07, 6.45) is 0.405. The number of H-pyrrole nitrogens is 1. The van der Waals surface area contributed by atoms with Gasteiger partial charge in [-0.05, 0) is 31.6 Å². The van der Waals surface area contributed by atoms with E-state index in [1.165, 1.54) is 0 Å². The van der Waals surface area contributed by atoms with E-state index in [1.54, 1.807) is 0 Å². The van der Waals surface area contributed by atoms with Gasteiger partial charge >= 0.3 is 0 Å². The zero-order chi connectivity index (χ0) is 13.0. The van der Waals surface area contributed by atoms with Crippen LogP contribution in [0.15, 0.2) is 30.3 Å². The van der Waals surface area contributed by atoms with Crippen LogP contribution in [0.4, 0.5) is 0 Å². The van der Waals surface area contributed by atoms with Gasteiger partial charge in [-0.1, -0.05) is 18.2 Å². The van der Waals surface area contributed by atoms with E-state index in [0.717, 1.165) is 23.1 Å². The lowest BCUT2D eigenvalue weighted by atomic mass is 10.2. The molecule has 0 saturated heterocycles. The number of benzene rings is 1. The van der Waals surface area contributed by atoms with Crippen LogP contribution in [-0.2, 0) is 11.2 Å². The van der Waals surface area contributed by atoms with Crippen LogP contribution in [0.5, 0.6) is 0 Å². The number of nitrogens with one attached hydrogen (secondary N) is 2. The summed E-state index contributed by atoms with van der Waals surface area (Å²) in [5.74, 6) is 0.0587. The Hall–Kier alpha value is -1.81. The van der Waals surface area contributed by atoms with Crippen molar-refractivity contribution in [3.63, 3.8) is 0 Å². The van der Waals surface area contributed by atoms with E-state index in [2.05, 4.69) is 10.3 Å². The lowest BCUT2D eigenvalue weighted by Gasteiger charge is -2.09. The molecule has 2 N–H and O–H groups in total. The first-order valence-corrected chi connectivity index (χ1v) is 6.13. The van der Waals surface area contributed by atoms with Gasteiger partial charge in [0, 0.05) is 24.3 Å². The van der Waals surface area contributed by atoms with Gasteiger partial charge in [0.15, 0.2) is 0 Å². The minimum absolute atomic E-state index is 0.0587. The minimum Gasteiger partial charge on any atom is -0.358 e. The smallest absolute Gasteiger partial charge is 0.225 e. The highest BCUT2D eigenvalue weighted by Gasteiger charge is 2.05. The molecule has 0 fully saturated rings. The Balaban J connectivity index is 1.90. The maximum absolute atomic E-state index is 11.7. The van der Waals surface area contributed by atoms with Crippen molar-refractivity contribution in [2.45, 2.75) is 6.42 Å². The first-order valence-electron chi connectivity index (χ1n) is 6.13. The Morgan fingerprint density at radius 3 is 2.83 bits per heavy atom. The van der Waals surface area contributed by atoms with Crippen molar-refractivity contribution in [1.82, 2.24) is 15.2 Å². The summed E-state index contributed by atoms with van der Waals surface area (Å²) in [4.78, 5) is 17.0. The van der Waals surface area contributed by atoms with Gasteiger partial charge in [-0.2, -0.15) is 0 Å². The predicted molar refractivity (Wildman–Crippen MR) is 73.6 cm³/mol. The molecule has 0 saturated carbocycles. The van der Waals surface area contributed by atoms with Gasteiger partial charge in [-0.15, -0.1) is 0 Å². The maximum atomic E-state index is 11.7. The van der Waals surface area contributed by atoms with Crippen LogP contribution >= 0.6 is 0 Å². The lowest BCUT2D eigenvalue weighted by molar-refractivity contribution is -0.120. The van der Waals surface area contributed by atoms with E-state index in [1.807, 2.05) is 49.3 Å². The molecule has 4 heteroatoms. The largest absolute Gasteiger partial charge is 0.358 e. The second kappa shape index (κ2) is 5.69. The van der Waals surface area contributed by atoms with Crippen LogP contribution in [0.1, 0.15) is 5.69 Å². The SMILES string of the molecule is CN(C)CCNC(=O)Cc1cc2ccccc2[nH]1. The van der Waals surface area contributed by atoms with Crippen molar-refractivity contribution in [2.75, 3.05) is 27.2 Å². The molecule has 1 aromatic heterocycles. The molecule has 4 nitrogen and oxygen atoms in total. The Kier molecular flexibility index (Phi) is 3.99. The highest BCUT2D eigenvalue weighted by Crippen LogP contribution is 2.14. The number of aromatic amines is 1. The van der Waals surface area contributed by atoms with Crippen LogP contribution in [0.2, 0.25) is 0 Å². The topological polar surface area (TPSA) is 48.1 Å². The molecular weight excluding hydrogens is 226 g/mol. The quantitative estimate of drug-likeness (QED) is 0.836. The van der Waals surface area contributed by atoms with E-state index in [4.69, 9.17) is 0 Å². The van der Waals surface area contributed by atoms with Gasteiger partial charge < -0.3 is 15.2 Å². The van der Waals surface area contributed by atoms with Gasteiger partial charge in [0.1, 0.15) is 0 Å². The third kappa shape index (κ3) is 3.34. The molecule has 0 aliphatic heterocycles. The summed E-state index contributed by atoms with van der Waals surface area (Å²) in [5.41, 5.74) is 2.03. The molecule has 1 aromatic carbocycles. The molecule has 2 rings (SSSR count). The highest BCUT2D eigenvalue weighted by atomic mass is 16.1. The number of amides is 1. The molecule has 0 aliphatic rings. The molecule has 1 amide bonds. The Morgan fingerprint density at radius 1 is 1.33 bits per heavy atom. The first kappa shape index (κ1) is 12.6. The Labute approximate surface area is 107 Å². The normalized spacial score (nSPS) is 11.1. The Morgan fingerprint density at radius 2 is 2.11 bits per heavy atom. The average Bonchev–Trinajstić information content (AvgIpc) is 2.70. The molecule has 0 radical (unpaired) electrons. The molecule has 0 unspecified atom stereocenters. The molecule has 18 heavy (non-hydrogen) atoms. The molecule has 0 aliphatic carbocycles. The average molecular weight is 245 g/mol. The number of rotatable bonds is 5. The van der Waals surface area contributed by atoms with E-state index in [9.17, 15) is 4.79 Å². The van der Waals surface area contributed by atoms with Crippen LogP contribution in [0, 0.1) is 0 Å². The van der Waals surface area contributed by atoms with Crippen molar-refractivity contribution in [3.8, 4) is 0 Å². The van der Waals surface area contributed by atoms with Crippen molar-refractivity contribution < 1.29 is 4.79 Å². The second-order valence-corrected chi connectivity index (χ2v) is 4.71. The van der Waals surface area contributed by atoms with Crippen LogP contribution in [0.3, 0.4) is 0 Å². The first-order chi connectivity index (χ1) is 8.65. The Bertz CT molecular complexity index is 498. The second-order valence-electron chi connectivity index (χ2n) is 4.71. The number of carbonyl (C=O) groups excluding carboxylic acids is 1. The van der Waals surface area contributed by atoms with Crippen molar-refractivity contribution in [2.24, 2.45) is 0 Å². The van der Waals surface area contributed by atoms with Crippen molar-refractivity contribution in [1.29, 1.82) is 0 Å². The summed E-state index contributed by atoms with van der Waals surface area (Å²) < 4.78 is 0. The highest BCUT2D eigenvalue weighted by molar-refractivity contribution is 5.84. The number of nitrogens with zero attached hydrogens (tertiary/aromatic N) is 1.